The summed E-state index contributed by atoms with van der Waals surface area (Å²) in [6.45, 7) is 3.12. The van der Waals surface area contributed by atoms with E-state index in [0.717, 1.165) is 32.5 Å². The number of carbonyl (C=O) groups is 1. The van der Waals surface area contributed by atoms with Crippen molar-refractivity contribution in [2.75, 3.05) is 36.3 Å². The van der Waals surface area contributed by atoms with Gasteiger partial charge in [-0.05, 0) is 44.1 Å². The van der Waals surface area contributed by atoms with Crippen LogP contribution in [0.4, 0.5) is 16.2 Å². The SMILES string of the molecule is NC1CCN(CCN2C(=O)NN([O-])c3ccc(Cl)cc32)CC1. The predicted molar refractivity (Wildman–Crippen MR) is 86.8 cm³/mol. The Morgan fingerprint density at radius 1 is 1.27 bits per heavy atom. The third-order valence-corrected chi connectivity index (χ3v) is 4.40. The highest BCUT2D eigenvalue weighted by Crippen LogP contribution is 2.34. The van der Waals surface area contributed by atoms with Crippen LogP contribution in [-0.2, 0) is 0 Å². The molecular weight excluding hydrogens is 306 g/mol. The van der Waals surface area contributed by atoms with Gasteiger partial charge in [-0.25, -0.2) is 4.79 Å². The maximum atomic E-state index is 12.1. The van der Waals surface area contributed by atoms with Crippen molar-refractivity contribution in [2.24, 2.45) is 5.73 Å². The lowest BCUT2D eigenvalue weighted by molar-refractivity contribution is 0.214. The van der Waals surface area contributed by atoms with Gasteiger partial charge < -0.3 is 21.0 Å². The second-order valence-corrected chi connectivity index (χ2v) is 6.11. The minimum atomic E-state index is -0.432. The van der Waals surface area contributed by atoms with Gasteiger partial charge in [-0.15, -0.1) is 0 Å². The Bertz CT molecular complexity index is 562. The van der Waals surface area contributed by atoms with Crippen LogP contribution in [-0.4, -0.2) is 43.2 Å². The zero-order valence-corrected chi connectivity index (χ0v) is 12.9. The number of fused-ring (bicyclic) bond motifs is 1. The number of amides is 2. The fraction of sp³-hybridized carbons (Fsp3) is 0.500. The van der Waals surface area contributed by atoms with Crippen LogP contribution in [0, 0.1) is 5.21 Å². The van der Waals surface area contributed by atoms with Crippen LogP contribution in [0.3, 0.4) is 0 Å². The lowest BCUT2D eigenvalue weighted by Gasteiger charge is -2.42. The summed E-state index contributed by atoms with van der Waals surface area (Å²) < 4.78 is 0. The molecule has 1 aromatic carbocycles. The number of urea groups is 1. The van der Waals surface area contributed by atoms with Crippen molar-refractivity contribution in [3.05, 3.63) is 28.4 Å². The van der Waals surface area contributed by atoms with Gasteiger partial charge >= 0.3 is 6.03 Å². The van der Waals surface area contributed by atoms with Crippen molar-refractivity contribution in [1.82, 2.24) is 10.3 Å². The molecule has 0 bridgehead atoms. The number of hydrazine groups is 1. The second-order valence-electron chi connectivity index (χ2n) is 5.68. The van der Waals surface area contributed by atoms with Crippen LogP contribution in [0.5, 0.6) is 0 Å². The minimum Gasteiger partial charge on any atom is -0.739 e. The molecular formula is C14H19ClN5O2-. The standard InChI is InChI=1S/C14H19ClN5O2/c15-10-1-2-12-13(9-10)19(14(21)17-20(12)22)8-7-18-5-3-11(16)4-6-18/h1-2,9,11H,3-8,16H2,(H,17,21)/q-1. The van der Waals surface area contributed by atoms with Crippen LogP contribution in [0.25, 0.3) is 0 Å². The van der Waals surface area contributed by atoms with Crippen LogP contribution in [0.2, 0.25) is 5.02 Å². The summed E-state index contributed by atoms with van der Waals surface area (Å²) in [5.74, 6) is 0. The molecule has 0 radical (unpaired) electrons. The van der Waals surface area contributed by atoms with E-state index >= 15 is 0 Å². The number of hydrogen-bond acceptors (Lipinski definition) is 5. The molecule has 2 aliphatic heterocycles. The third-order valence-electron chi connectivity index (χ3n) is 4.16. The van der Waals surface area contributed by atoms with Gasteiger partial charge in [0.1, 0.15) is 0 Å². The number of nitrogens with two attached hydrogens (primary N) is 1. The number of nitrogens with zero attached hydrogens (tertiary/aromatic N) is 3. The van der Waals surface area contributed by atoms with E-state index < -0.39 is 6.03 Å². The average molecular weight is 325 g/mol. The summed E-state index contributed by atoms with van der Waals surface area (Å²) in [5.41, 5.74) is 9.11. The van der Waals surface area contributed by atoms with E-state index in [2.05, 4.69) is 10.3 Å². The first-order valence-electron chi connectivity index (χ1n) is 7.37. The Kier molecular flexibility index (Phi) is 4.39. The molecule has 1 fully saturated rings. The lowest BCUT2D eigenvalue weighted by atomic mass is 10.1. The van der Waals surface area contributed by atoms with Crippen molar-refractivity contribution < 1.29 is 4.79 Å². The summed E-state index contributed by atoms with van der Waals surface area (Å²) in [7, 11) is 0. The Balaban J connectivity index is 1.71. The Morgan fingerprint density at radius 3 is 2.73 bits per heavy atom. The molecule has 22 heavy (non-hydrogen) atoms. The van der Waals surface area contributed by atoms with Gasteiger partial charge in [0, 0.05) is 24.2 Å². The number of piperidine rings is 1. The Morgan fingerprint density at radius 2 is 2.00 bits per heavy atom. The molecule has 0 unspecified atom stereocenters. The van der Waals surface area contributed by atoms with Crippen LogP contribution < -0.4 is 21.2 Å². The number of hydrogen-bond donors (Lipinski definition) is 2. The Hall–Kier alpha value is -1.54. The first-order valence-corrected chi connectivity index (χ1v) is 7.75. The number of anilines is 2. The summed E-state index contributed by atoms with van der Waals surface area (Å²) in [5, 5.41) is 12.8. The van der Waals surface area contributed by atoms with E-state index in [-0.39, 0.29) is 6.04 Å². The van der Waals surface area contributed by atoms with Gasteiger partial charge in [0.25, 0.3) is 0 Å². The maximum Gasteiger partial charge on any atom is 0.340 e. The number of carbonyl (C=O) groups excluding carboxylic acids is 1. The van der Waals surface area contributed by atoms with Gasteiger partial charge in [-0.3, -0.25) is 10.3 Å². The van der Waals surface area contributed by atoms with E-state index in [1.54, 1.807) is 23.1 Å². The molecule has 3 N–H and O–H groups in total. The van der Waals surface area contributed by atoms with Crippen molar-refractivity contribution in [2.45, 2.75) is 18.9 Å². The topological polar surface area (TPSA) is 87.9 Å². The van der Waals surface area contributed by atoms with Crippen molar-refractivity contribution in [3.63, 3.8) is 0 Å². The van der Waals surface area contributed by atoms with Gasteiger partial charge in [-0.2, -0.15) is 0 Å². The largest absolute Gasteiger partial charge is 0.739 e. The van der Waals surface area contributed by atoms with Crippen molar-refractivity contribution >= 4 is 29.0 Å². The predicted octanol–water partition coefficient (Wildman–Crippen LogP) is 1.51. The molecule has 0 spiro atoms. The molecule has 0 saturated carbocycles. The van der Waals surface area contributed by atoms with E-state index in [1.807, 2.05) is 0 Å². The molecule has 0 atom stereocenters. The first-order chi connectivity index (χ1) is 10.5. The third kappa shape index (κ3) is 3.12. The fourth-order valence-corrected chi connectivity index (χ4v) is 3.01. The van der Waals surface area contributed by atoms with Gasteiger partial charge in [-0.1, -0.05) is 11.6 Å². The van der Waals surface area contributed by atoms with Crippen LogP contribution >= 0.6 is 11.6 Å². The number of benzene rings is 1. The van der Waals surface area contributed by atoms with Gasteiger partial charge in [0.05, 0.1) is 11.4 Å². The fourth-order valence-electron chi connectivity index (χ4n) is 2.84. The second kappa shape index (κ2) is 6.29. The number of rotatable bonds is 3. The van der Waals surface area contributed by atoms with Crippen molar-refractivity contribution in [1.29, 1.82) is 0 Å². The highest BCUT2D eigenvalue weighted by atomic mass is 35.5. The zero-order valence-electron chi connectivity index (χ0n) is 12.2. The monoisotopic (exact) mass is 324 g/mol. The van der Waals surface area contributed by atoms with Crippen molar-refractivity contribution in [3.8, 4) is 0 Å². The maximum absolute atomic E-state index is 12.1. The van der Waals surface area contributed by atoms with Crippen LogP contribution in [0.1, 0.15) is 12.8 Å². The summed E-state index contributed by atoms with van der Waals surface area (Å²) in [4.78, 5) is 15.9. The molecule has 120 valence electrons. The average Bonchev–Trinajstić information content (AvgIpc) is 2.48. The summed E-state index contributed by atoms with van der Waals surface area (Å²) in [6.07, 6.45) is 1.95. The van der Waals surface area contributed by atoms with Gasteiger partial charge in [0.2, 0.25) is 0 Å². The normalized spacial score (nSPS) is 20.0. The van der Waals surface area contributed by atoms with Gasteiger partial charge in [0.15, 0.2) is 0 Å². The molecule has 2 heterocycles. The molecule has 0 aromatic heterocycles. The molecule has 0 aliphatic carbocycles. The molecule has 2 aliphatic rings. The molecule has 1 saturated heterocycles. The number of nitrogens with one attached hydrogen (secondary N) is 1. The summed E-state index contributed by atoms with van der Waals surface area (Å²) >= 11 is 6.00. The number of likely N-dealkylation sites (tertiary alicyclic amines) is 1. The molecule has 2 amide bonds. The van der Waals surface area contributed by atoms with E-state index in [4.69, 9.17) is 17.3 Å². The molecule has 8 heteroatoms. The lowest BCUT2D eigenvalue weighted by Crippen LogP contribution is -2.54. The molecule has 1 aromatic rings. The smallest absolute Gasteiger partial charge is 0.340 e. The zero-order chi connectivity index (χ0) is 15.7. The highest BCUT2D eigenvalue weighted by molar-refractivity contribution is 6.31. The molecule has 3 rings (SSSR count). The van der Waals surface area contributed by atoms with E-state index in [9.17, 15) is 10.0 Å². The first kappa shape index (κ1) is 15.4. The quantitative estimate of drug-likeness (QED) is 0.880. The highest BCUT2D eigenvalue weighted by Gasteiger charge is 2.26. The summed E-state index contributed by atoms with van der Waals surface area (Å²) in [6, 6.07) is 4.73. The molecule has 7 nitrogen and oxygen atoms in total. The van der Waals surface area contributed by atoms with Crippen LogP contribution in [0.15, 0.2) is 18.2 Å². The Labute approximate surface area is 134 Å². The van der Waals surface area contributed by atoms with E-state index in [1.165, 1.54) is 0 Å². The minimum absolute atomic E-state index is 0.281. The van der Waals surface area contributed by atoms with E-state index in [0.29, 0.717) is 28.1 Å². The number of halogens is 1.